The molecule has 3 atom stereocenters. The lowest BCUT2D eigenvalue weighted by Crippen LogP contribution is -2.60. The maximum atomic E-state index is 11.4. The first-order valence-corrected chi connectivity index (χ1v) is 7.45. The molecule has 76 valence electrons. The lowest BCUT2D eigenvalue weighted by Gasteiger charge is -2.36. The van der Waals surface area contributed by atoms with Gasteiger partial charge in [0.2, 0.25) is 0 Å². The zero-order valence-corrected chi connectivity index (χ0v) is 8.64. The van der Waals surface area contributed by atoms with Gasteiger partial charge in [0.25, 0.3) is 0 Å². The molecule has 7 heteroatoms. The van der Waals surface area contributed by atoms with Crippen LogP contribution in [0.4, 0.5) is 0 Å². The summed E-state index contributed by atoms with van der Waals surface area (Å²) in [6, 6.07) is 0. The van der Waals surface area contributed by atoms with Crippen molar-refractivity contribution in [1.82, 2.24) is 0 Å². The molecule has 13 heavy (non-hydrogen) atoms. The van der Waals surface area contributed by atoms with E-state index in [2.05, 4.69) is 0 Å². The minimum atomic E-state index is -3.54. The molecule has 0 radical (unpaired) electrons. The summed E-state index contributed by atoms with van der Waals surface area (Å²) in [6.45, 7) is 0.348. The minimum absolute atomic E-state index is 0.348. The van der Waals surface area contributed by atoms with Gasteiger partial charge in [-0.1, -0.05) is 0 Å². The van der Waals surface area contributed by atoms with E-state index < -0.39 is 35.6 Å². The topological polar surface area (TPSA) is 77.5 Å². The van der Waals surface area contributed by atoms with Crippen LogP contribution in [0.25, 0.3) is 0 Å². The van der Waals surface area contributed by atoms with Crippen molar-refractivity contribution in [2.45, 2.75) is 22.4 Å². The fourth-order valence-electron chi connectivity index (χ4n) is 1.95. The predicted octanol–water partition coefficient (Wildman–Crippen LogP) is -1.06. The van der Waals surface area contributed by atoms with Crippen LogP contribution in [0.2, 0.25) is 0 Å². The molecule has 0 aliphatic carbocycles. The summed E-state index contributed by atoms with van der Waals surface area (Å²) in [6.07, 6.45) is 0.756. The molecule has 0 saturated carbocycles. The molecule has 3 unspecified atom stereocenters. The molecule has 0 bridgehead atoms. The van der Waals surface area contributed by atoms with Gasteiger partial charge in [-0.2, -0.15) is 0 Å². The quantitative estimate of drug-likeness (QED) is 0.569. The molecule has 2 aliphatic heterocycles. The van der Waals surface area contributed by atoms with Crippen molar-refractivity contribution in [2.24, 2.45) is 0 Å². The van der Waals surface area contributed by atoms with Gasteiger partial charge in [0.05, 0.1) is 5.25 Å². The maximum Gasteiger partial charge on any atom is 0.190 e. The van der Waals surface area contributed by atoms with Crippen molar-refractivity contribution in [2.75, 3.05) is 12.9 Å². The van der Waals surface area contributed by atoms with Crippen LogP contribution in [0.1, 0.15) is 6.42 Å². The number of sulfone groups is 2. The van der Waals surface area contributed by atoms with Crippen molar-refractivity contribution in [1.29, 1.82) is 0 Å². The Balaban J connectivity index is 2.43. The zero-order valence-electron chi connectivity index (χ0n) is 7.00. The van der Waals surface area contributed by atoms with Crippen molar-refractivity contribution < 1.29 is 21.6 Å². The fraction of sp³-hybridized carbons (Fsp3) is 1.00. The number of rotatable bonds is 1. The summed E-state index contributed by atoms with van der Waals surface area (Å²) in [5, 5.41) is -0.577. The third-order valence-electron chi connectivity index (χ3n) is 2.52. The standard InChI is InChI=1S/C6H10O5S2/c1-12(7,8)6-5-4(2-3-11-5)13(6,9)10/h4-6H,2-3H2,1H3. The van der Waals surface area contributed by atoms with Crippen molar-refractivity contribution in [3.05, 3.63) is 0 Å². The Morgan fingerprint density at radius 2 is 2.00 bits per heavy atom. The minimum Gasteiger partial charge on any atom is -0.374 e. The Bertz CT molecular complexity index is 420. The maximum absolute atomic E-state index is 11.4. The molecule has 2 saturated heterocycles. The monoisotopic (exact) mass is 226 g/mol. The average molecular weight is 226 g/mol. The van der Waals surface area contributed by atoms with Crippen molar-refractivity contribution in [3.63, 3.8) is 0 Å². The van der Waals surface area contributed by atoms with E-state index >= 15 is 0 Å². The molecule has 0 N–H and O–H groups in total. The molecular formula is C6H10O5S2. The Kier molecular flexibility index (Phi) is 1.78. The molecule has 2 fully saturated rings. The van der Waals surface area contributed by atoms with E-state index in [4.69, 9.17) is 4.74 Å². The van der Waals surface area contributed by atoms with Crippen molar-refractivity contribution in [3.8, 4) is 0 Å². The molecule has 0 aromatic rings. The second kappa shape index (κ2) is 2.46. The summed E-state index contributed by atoms with van der Waals surface area (Å²) < 4.78 is 48.8. The summed E-state index contributed by atoms with van der Waals surface area (Å²) in [7, 11) is -7.01. The SMILES string of the molecule is CS(=O)(=O)C1C2OCCC2S1(=O)=O. The Morgan fingerprint density at radius 1 is 1.38 bits per heavy atom. The van der Waals surface area contributed by atoms with Crippen LogP contribution >= 0.6 is 0 Å². The van der Waals surface area contributed by atoms with Crippen molar-refractivity contribution >= 4 is 19.7 Å². The first-order chi connectivity index (χ1) is 5.85. The highest BCUT2D eigenvalue weighted by atomic mass is 32.3. The van der Waals surface area contributed by atoms with Gasteiger partial charge in [0.15, 0.2) is 24.3 Å². The van der Waals surface area contributed by atoms with Crippen LogP contribution in [0, 0.1) is 0 Å². The number of ether oxygens (including phenoxy) is 1. The van der Waals surface area contributed by atoms with E-state index in [9.17, 15) is 16.8 Å². The van der Waals surface area contributed by atoms with Gasteiger partial charge >= 0.3 is 0 Å². The zero-order chi connectivity index (χ0) is 9.85. The summed E-state index contributed by atoms with van der Waals surface area (Å²) >= 11 is 0. The number of hydrogen-bond donors (Lipinski definition) is 0. The van der Waals surface area contributed by atoms with Gasteiger partial charge in [-0.05, 0) is 6.42 Å². The van der Waals surface area contributed by atoms with Crippen LogP contribution in [0.15, 0.2) is 0 Å². The normalized spacial score (nSPS) is 42.4. The summed E-state index contributed by atoms with van der Waals surface area (Å²) in [4.78, 5) is 0. The van der Waals surface area contributed by atoms with Crippen LogP contribution in [-0.2, 0) is 24.4 Å². The lowest BCUT2D eigenvalue weighted by atomic mass is 10.2. The van der Waals surface area contributed by atoms with Gasteiger partial charge < -0.3 is 4.74 Å². The fourth-order valence-corrected chi connectivity index (χ4v) is 6.93. The van der Waals surface area contributed by atoms with Gasteiger partial charge in [-0.15, -0.1) is 0 Å². The van der Waals surface area contributed by atoms with Crippen LogP contribution in [-0.4, -0.2) is 45.6 Å². The van der Waals surface area contributed by atoms with Gasteiger partial charge in [-0.25, -0.2) is 16.8 Å². The molecule has 0 spiro atoms. The smallest absolute Gasteiger partial charge is 0.190 e. The third kappa shape index (κ3) is 1.14. The predicted molar refractivity (Wildman–Crippen MR) is 45.7 cm³/mol. The summed E-state index contributed by atoms with van der Waals surface area (Å²) in [5.41, 5.74) is 0. The molecule has 2 aliphatic rings. The van der Waals surface area contributed by atoms with E-state index in [1.807, 2.05) is 0 Å². The molecule has 2 rings (SSSR count). The highest BCUT2D eigenvalue weighted by molar-refractivity contribution is 8.10. The van der Waals surface area contributed by atoms with E-state index in [0.29, 0.717) is 13.0 Å². The van der Waals surface area contributed by atoms with Crippen LogP contribution in [0.3, 0.4) is 0 Å². The number of hydrogen-bond acceptors (Lipinski definition) is 5. The van der Waals surface area contributed by atoms with Gasteiger partial charge in [0, 0.05) is 12.9 Å². The molecule has 2 heterocycles. The van der Waals surface area contributed by atoms with E-state index in [1.54, 1.807) is 0 Å². The Labute approximate surface area is 76.9 Å². The van der Waals surface area contributed by atoms with Crippen LogP contribution < -0.4 is 0 Å². The molecule has 0 amide bonds. The average Bonchev–Trinajstić information content (AvgIpc) is 2.28. The van der Waals surface area contributed by atoms with Crippen LogP contribution in [0.5, 0.6) is 0 Å². The lowest BCUT2D eigenvalue weighted by molar-refractivity contribution is 0.111. The molecule has 0 aromatic heterocycles. The highest BCUT2D eigenvalue weighted by Gasteiger charge is 2.63. The second-order valence-corrected chi connectivity index (χ2v) is 8.21. The largest absolute Gasteiger partial charge is 0.374 e. The first-order valence-electron chi connectivity index (χ1n) is 3.88. The Hall–Kier alpha value is -0.140. The third-order valence-corrected chi connectivity index (χ3v) is 7.74. The Morgan fingerprint density at radius 3 is 2.54 bits per heavy atom. The van der Waals surface area contributed by atoms with Gasteiger partial charge in [-0.3, -0.25) is 0 Å². The van der Waals surface area contributed by atoms with E-state index in [1.165, 1.54) is 0 Å². The van der Waals surface area contributed by atoms with E-state index in [-0.39, 0.29) is 0 Å². The summed E-state index contributed by atoms with van der Waals surface area (Å²) in [5.74, 6) is 0. The molecular weight excluding hydrogens is 216 g/mol. The van der Waals surface area contributed by atoms with E-state index in [0.717, 1.165) is 6.26 Å². The molecule has 5 nitrogen and oxygen atoms in total. The number of fused-ring (bicyclic) bond motifs is 1. The first kappa shape index (κ1) is 9.42. The highest BCUT2D eigenvalue weighted by Crippen LogP contribution is 2.41. The van der Waals surface area contributed by atoms with Gasteiger partial charge in [0.1, 0.15) is 6.10 Å². The molecule has 0 aromatic carbocycles. The second-order valence-electron chi connectivity index (χ2n) is 3.45.